The summed E-state index contributed by atoms with van der Waals surface area (Å²) in [6, 6.07) is 3.97. The van der Waals surface area contributed by atoms with Gasteiger partial charge in [0, 0.05) is 25.8 Å². The number of hydrogen-bond acceptors (Lipinski definition) is 3. The van der Waals surface area contributed by atoms with E-state index >= 15 is 0 Å². The van der Waals surface area contributed by atoms with Gasteiger partial charge in [0.2, 0.25) is 0 Å². The number of halogens is 1. The van der Waals surface area contributed by atoms with E-state index in [4.69, 9.17) is 16.3 Å². The van der Waals surface area contributed by atoms with Crippen LogP contribution in [0.1, 0.15) is 12.5 Å². The first kappa shape index (κ1) is 14.1. The van der Waals surface area contributed by atoms with Gasteiger partial charge < -0.3 is 15.0 Å². The number of nitrogens with zero attached hydrogens (tertiary/aromatic N) is 1. The molecule has 1 aromatic rings. The number of anilines is 1. The number of aryl methyl sites for hydroxylation is 1. The molecule has 0 aromatic heterocycles. The van der Waals surface area contributed by atoms with E-state index in [0.29, 0.717) is 11.6 Å². The lowest BCUT2D eigenvalue weighted by Gasteiger charge is -2.22. The van der Waals surface area contributed by atoms with E-state index in [1.807, 2.05) is 26.1 Å². The van der Waals surface area contributed by atoms with Crippen LogP contribution in [-0.2, 0) is 0 Å². The molecule has 96 valence electrons. The Morgan fingerprint density at radius 1 is 1.41 bits per heavy atom. The van der Waals surface area contributed by atoms with Crippen LogP contribution >= 0.6 is 11.6 Å². The van der Waals surface area contributed by atoms with Gasteiger partial charge in [-0.3, -0.25) is 0 Å². The fraction of sp³-hybridized carbons (Fsp3) is 0.538. The summed E-state index contributed by atoms with van der Waals surface area (Å²) < 4.78 is 5.47. The highest BCUT2D eigenvalue weighted by molar-refractivity contribution is 6.32. The van der Waals surface area contributed by atoms with Crippen molar-refractivity contribution in [1.29, 1.82) is 0 Å². The molecule has 0 spiro atoms. The predicted octanol–water partition coefficient (Wildman–Crippen LogP) is 2.70. The van der Waals surface area contributed by atoms with Gasteiger partial charge in [-0.25, -0.2) is 0 Å². The second-order valence-corrected chi connectivity index (χ2v) is 4.43. The second kappa shape index (κ2) is 6.72. The van der Waals surface area contributed by atoms with Crippen molar-refractivity contribution >= 4 is 17.3 Å². The Balaban J connectivity index is 2.90. The Labute approximate surface area is 109 Å². The maximum atomic E-state index is 6.19. The summed E-state index contributed by atoms with van der Waals surface area (Å²) in [4.78, 5) is 2.19. The summed E-state index contributed by atoms with van der Waals surface area (Å²) in [6.45, 7) is 6.55. The topological polar surface area (TPSA) is 24.5 Å². The molecule has 0 bridgehead atoms. The fourth-order valence-electron chi connectivity index (χ4n) is 1.72. The van der Waals surface area contributed by atoms with Gasteiger partial charge in [0.1, 0.15) is 5.75 Å². The normalized spacial score (nSPS) is 10.4. The fourth-order valence-corrected chi connectivity index (χ4v) is 1.93. The Hall–Kier alpha value is -0.930. The molecule has 0 saturated heterocycles. The summed E-state index contributed by atoms with van der Waals surface area (Å²) in [7, 11) is 4.02. The molecule has 0 unspecified atom stereocenters. The molecular weight excluding hydrogens is 236 g/mol. The zero-order chi connectivity index (χ0) is 12.8. The minimum atomic E-state index is 0.633. The molecular formula is C13H21ClN2O. The Kier molecular flexibility index (Phi) is 5.59. The highest BCUT2D eigenvalue weighted by atomic mass is 35.5. The Morgan fingerprint density at radius 2 is 2.12 bits per heavy atom. The van der Waals surface area contributed by atoms with Crippen molar-refractivity contribution in [1.82, 2.24) is 5.32 Å². The number of rotatable bonds is 6. The minimum Gasteiger partial charge on any atom is -0.492 e. The maximum Gasteiger partial charge on any atom is 0.138 e. The largest absolute Gasteiger partial charge is 0.492 e. The average Bonchev–Trinajstić information content (AvgIpc) is 2.30. The summed E-state index contributed by atoms with van der Waals surface area (Å²) in [5.74, 6) is 0.762. The van der Waals surface area contributed by atoms with Crippen LogP contribution in [0.3, 0.4) is 0 Å². The maximum absolute atomic E-state index is 6.19. The molecule has 1 rings (SSSR count). The van der Waals surface area contributed by atoms with Gasteiger partial charge in [-0.15, -0.1) is 0 Å². The van der Waals surface area contributed by atoms with Crippen LogP contribution in [0.5, 0.6) is 5.75 Å². The molecule has 0 heterocycles. The van der Waals surface area contributed by atoms with Gasteiger partial charge in [-0.1, -0.05) is 11.6 Å². The van der Waals surface area contributed by atoms with Crippen LogP contribution in [-0.4, -0.2) is 33.8 Å². The summed E-state index contributed by atoms with van der Waals surface area (Å²) >= 11 is 6.19. The minimum absolute atomic E-state index is 0.633. The molecule has 1 aromatic carbocycles. The van der Waals surface area contributed by atoms with Gasteiger partial charge in [0.25, 0.3) is 0 Å². The molecule has 0 amide bonds. The van der Waals surface area contributed by atoms with Crippen LogP contribution in [0.2, 0.25) is 5.02 Å². The smallest absolute Gasteiger partial charge is 0.138 e. The van der Waals surface area contributed by atoms with Crippen LogP contribution in [0, 0.1) is 6.92 Å². The van der Waals surface area contributed by atoms with E-state index in [-0.39, 0.29) is 0 Å². The standard InChI is InChI=1S/C13H21ClN2O/c1-5-17-13-8-10(2)12(9-11(13)14)16(4)7-6-15-3/h8-9,15H,5-7H2,1-4H3. The molecule has 3 nitrogen and oxygen atoms in total. The number of benzene rings is 1. The van der Waals surface area contributed by atoms with E-state index in [1.165, 1.54) is 5.56 Å². The molecule has 4 heteroatoms. The van der Waals surface area contributed by atoms with Crippen LogP contribution in [0.4, 0.5) is 5.69 Å². The Morgan fingerprint density at radius 3 is 2.71 bits per heavy atom. The molecule has 0 radical (unpaired) electrons. The molecule has 1 N–H and O–H groups in total. The molecule has 0 fully saturated rings. The van der Waals surface area contributed by atoms with Crippen molar-refractivity contribution in [2.24, 2.45) is 0 Å². The third kappa shape index (κ3) is 3.79. The number of ether oxygens (including phenoxy) is 1. The summed E-state index contributed by atoms with van der Waals surface area (Å²) in [5, 5.41) is 3.80. The molecule has 0 aliphatic carbocycles. The first-order valence-electron chi connectivity index (χ1n) is 5.88. The van der Waals surface area contributed by atoms with E-state index in [0.717, 1.165) is 24.5 Å². The summed E-state index contributed by atoms with van der Waals surface area (Å²) in [5.41, 5.74) is 2.32. The third-order valence-electron chi connectivity index (χ3n) is 2.66. The first-order chi connectivity index (χ1) is 8.10. The van der Waals surface area contributed by atoms with Gasteiger partial charge in [0.05, 0.1) is 11.6 Å². The number of hydrogen-bond donors (Lipinski definition) is 1. The van der Waals surface area contributed by atoms with Crippen molar-refractivity contribution in [3.8, 4) is 5.75 Å². The van der Waals surface area contributed by atoms with Crippen molar-refractivity contribution in [2.45, 2.75) is 13.8 Å². The van der Waals surface area contributed by atoms with Crippen LogP contribution < -0.4 is 15.0 Å². The predicted molar refractivity (Wildman–Crippen MR) is 74.6 cm³/mol. The number of likely N-dealkylation sites (N-methyl/N-ethyl adjacent to an activating group) is 2. The third-order valence-corrected chi connectivity index (χ3v) is 2.95. The van der Waals surface area contributed by atoms with Crippen molar-refractivity contribution < 1.29 is 4.74 Å². The lowest BCUT2D eigenvalue weighted by Crippen LogP contribution is -2.27. The van der Waals surface area contributed by atoms with Crippen molar-refractivity contribution in [2.75, 3.05) is 38.7 Å². The van der Waals surface area contributed by atoms with E-state index in [1.54, 1.807) is 0 Å². The molecule has 0 atom stereocenters. The van der Waals surface area contributed by atoms with E-state index < -0.39 is 0 Å². The Bertz CT molecular complexity index is 369. The van der Waals surface area contributed by atoms with Gasteiger partial charge in [-0.05, 0) is 38.6 Å². The van der Waals surface area contributed by atoms with Crippen LogP contribution in [0.15, 0.2) is 12.1 Å². The molecule has 17 heavy (non-hydrogen) atoms. The van der Waals surface area contributed by atoms with E-state index in [2.05, 4.69) is 24.2 Å². The lowest BCUT2D eigenvalue weighted by atomic mass is 10.1. The lowest BCUT2D eigenvalue weighted by molar-refractivity contribution is 0.340. The first-order valence-corrected chi connectivity index (χ1v) is 6.26. The van der Waals surface area contributed by atoms with E-state index in [9.17, 15) is 0 Å². The molecule has 0 aliphatic heterocycles. The quantitative estimate of drug-likeness (QED) is 0.847. The van der Waals surface area contributed by atoms with Gasteiger partial charge in [-0.2, -0.15) is 0 Å². The van der Waals surface area contributed by atoms with Gasteiger partial charge in [0.15, 0.2) is 0 Å². The highest BCUT2D eigenvalue weighted by Gasteiger charge is 2.09. The zero-order valence-electron chi connectivity index (χ0n) is 11.0. The second-order valence-electron chi connectivity index (χ2n) is 4.03. The SMILES string of the molecule is CCOc1cc(C)c(N(C)CCNC)cc1Cl. The van der Waals surface area contributed by atoms with Crippen molar-refractivity contribution in [3.63, 3.8) is 0 Å². The molecule has 0 saturated carbocycles. The van der Waals surface area contributed by atoms with Crippen LogP contribution in [0.25, 0.3) is 0 Å². The highest BCUT2D eigenvalue weighted by Crippen LogP contribution is 2.32. The summed E-state index contributed by atoms with van der Waals surface area (Å²) in [6.07, 6.45) is 0. The zero-order valence-corrected chi connectivity index (χ0v) is 11.8. The van der Waals surface area contributed by atoms with Crippen molar-refractivity contribution in [3.05, 3.63) is 22.7 Å². The van der Waals surface area contributed by atoms with Gasteiger partial charge >= 0.3 is 0 Å². The monoisotopic (exact) mass is 256 g/mol. The number of nitrogens with one attached hydrogen (secondary N) is 1. The average molecular weight is 257 g/mol. The molecule has 0 aliphatic rings.